The Balaban J connectivity index is 4.82. The number of aliphatic hydroxyl groups is 6. The van der Waals surface area contributed by atoms with Gasteiger partial charge in [0.2, 0.25) is 0 Å². The number of aliphatic carboxylic acids is 1. The van der Waals surface area contributed by atoms with Crippen LogP contribution in [-0.2, 0) is 4.79 Å². The molecule has 0 heterocycles. The molecule has 0 aliphatic carbocycles. The van der Waals surface area contributed by atoms with Crippen molar-refractivity contribution in [2.75, 3.05) is 19.8 Å². The lowest BCUT2D eigenvalue weighted by atomic mass is 9.64. The maximum absolute atomic E-state index is 12.4. The van der Waals surface area contributed by atoms with Gasteiger partial charge in [-0.15, -0.1) is 0 Å². The first-order valence-corrected chi connectivity index (χ1v) is 13.7. The molecule has 0 fully saturated rings. The summed E-state index contributed by atoms with van der Waals surface area (Å²) in [6.07, 6.45) is 8.73. The zero-order valence-corrected chi connectivity index (χ0v) is 22.2. The standard InChI is InChI=1S/C27H54O8/c1-21(2)13-11-9-7-5-3-4-6-8-10-12-14-22(15-23(31)18-28)27(26(34)35,16-24(32)19-29)17-25(33)20-30/h21-25,28-33H,3-20H2,1-2H3,(H,34,35). The molecule has 0 saturated carbocycles. The van der Waals surface area contributed by atoms with Gasteiger partial charge in [-0.2, -0.15) is 0 Å². The lowest BCUT2D eigenvalue weighted by Crippen LogP contribution is -2.46. The van der Waals surface area contributed by atoms with E-state index in [1.165, 1.54) is 44.9 Å². The van der Waals surface area contributed by atoms with E-state index in [4.69, 9.17) is 0 Å². The molecule has 0 aromatic rings. The van der Waals surface area contributed by atoms with Gasteiger partial charge in [-0.3, -0.25) is 4.79 Å². The number of carbonyl (C=O) groups is 1. The fourth-order valence-electron chi connectivity index (χ4n) is 5.12. The molecule has 0 aromatic carbocycles. The maximum Gasteiger partial charge on any atom is 0.310 e. The zero-order chi connectivity index (χ0) is 26.7. The molecular formula is C27H54O8. The fraction of sp³-hybridized carbons (Fsp3) is 0.963. The summed E-state index contributed by atoms with van der Waals surface area (Å²) in [7, 11) is 0. The normalized spacial score (nSPS) is 17.2. The quantitative estimate of drug-likeness (QED) is 0.0983. The first kappa shape index (κ1) is 34.2. The lowest BCUT2D eigenvalue weighted by molar-refractivity contribution is -0.161. The van der Waals surface area contributed by atoms with Gasteiger partial charge in [0.1, 0.15) is 0 Å². The molecule has 0 amide bonds. The van der Waals surface area contributed by atoms with E-state index in [1.807, 2.05) is 0 Å². The van der Waals surface area contributed by atoms with Crippen molar-refractivity contribution < 1.29 is 40.5 Å². The third kappa shape index (κ3) is 15.2. The van der Waals surface area contributed by atoms with Crippen LogP contribution in [0.4, 0.5) is 0 Å². The number of aliphatic hydroxyl groups excluding tert-OH is 6. The SMILES string of the molecule is CC(C)CCCCCCCCCCCCC(CC(O)CO)C(CC(O)CO)(CC(O)CO)C(=O)O. The first-order chi connectivity index (χ1) is 16.6. The van der Waals surface area contributed by atoms with Crippen LogP contribution in [0.2, 0.25) is 0 Å². The van der Waals surface area contributed by atoms with Gasteiger partial charge >= 0.3 is 5.97 Å². The van der Waals surface area contributed by atoms with Crippen LogP contribution < -0.4 is 0 Å². The lowest BCUT2D eigenvalue weighted by Gasteiger charge is -2.40. The number of hydrogen-bond acceptors (Lipinski definition) is 7. The molecule has 8 heteroatoms. The number of unbranched alkanes of at least 4 members (excludes halogenated alkanes) is 9. The monoisotopic (exact) mass is 506 g/mol. The zero-order valence-electron chi connectivity index (χ0n) is 22.2. The Kier molecular flexibility index (Phi) is 19.9. The minimum Gasteiger partial charge on any atom is -0.481 e. The summed E-state index contributed by atoms with van der Waals surface area (Å²) < 4.78 is 0. The summed E-state index contributed by atoms with van der Waals surface area (Å²) in [5.41, 5.74) is -1.64. The van der Waals surface area contributed by atoms with Crippen LogP contribution >= 0.6 is 0 Å². The molecule has 4 unspecified atom stereocenters. The van der Waals surface area contributed by atoms with Crippen LogP contribution in [0.15, 0.2) is 0 Å². The van der Waals surface area contributed by atoms with Crippen molar-refractivity contribution in [2.24, 2.45) is 17.3 Å². The molecule has 0 radical (unpaired) electrons. The smallest absolute Gasteiger partial charge is 0.310 e. The van der Waals surface area contributed by atoms with Crippen molar-refractivity contribution in [1.29, 1.82) is 0 Å². The first-order valence-electron chi connectivity index (χ1n) is 13.7. The Hall–Kier alpha value is -0.770. The molecule has 0 aliphatic rings. The molecule has 0 rings (SSSR count). The van der Waals surface area contributed by atoms with Gasteiger partial charge in [-0.05, 0) is 37.5 Å². The highest BCUT2D eigenvalue weighted by atomic mass is 16.4. The summed E-state index contributed by atoms with van der Waals surface area (Å²) in [6.45, 7) is 2.74. The van der Waals surface area contributed by atoms with E-state index < -0.39 is 55.4 Å². The van der Waals surface area contributed by atoms with E-state index in [9.17, 15) is 40.5 Å². The highest BCUT2D eigenvalue weighted by molar-refractivity contribution is 5.75. The molecule has 210 valence electrons. The molecule has 0 bridgehead atoms. The summed E-state index contributed by atoms with van der Waals surface area (Å²) in [5, 5.41) is 68.4. The predicted octanol–water partition coefficient (Wildman–Crippen LogP) is 3.24. The van der Waals surface area contributed by atoms with Gasteiger partial charge in [-0.25, -0.2) is 0 Å². The minimum atomic E-state index is -1.64. The Morgan fingerprint density at radius 3 is 1.34 bits per heavy atom. The second-order valence-corrected chi connectivity index (χ2v) is 10.8. The van der Waals surface area contributed by atoms with E-state index in [2.05, 4.69) is 13.8 Å². The van der Waals surface area contributed by atoms with Gasteiger partial charge in [0.15, 0.2) is 0 Å². The van der Waals surface area contributed by atoms with Gasteiger partial charge in [0.25, 0.3) is 0 Å². The average Bonchev–Trinajstić information content (AvgIpc) is 2.82. The molecule has 0 spiro atoms. The second-order valence-electron chi connectivity index (χ2n) is 10.8. The van der Waals surface area contributed by atoms with Crippen molar-refractivity contribution in [1.82, 2.24) is 0 Å². The van der Waals surface area contributed by atoms with Gasteiger partial charge in [0, 0.05) is 0 Å². The molecule has 0 aliphatic heterocycles. The van der Waals surface area contributed by atoms with Gasteiger partial charge < -0.3 is 35.7 Å². The minimum absolute atomic E-state index is 0.00406. The van der Waals surface area contributed by atoms with Crippen molar-refractivity contribution in [3.8, 4) is 0 Å². The highest BCUT2D eigenvalue weighted by Crippen LogP contribution is 2.43. The Bertz CT molecular complexity index is 501. The molecular weight excluding hydrogens is 452 g/mol. The number of carboxylic acid groups (broad SMARTS) is 1. The predicted molar refractivity (Wildman–Crippen MR) is 137 cm³/mol. The second kappa shape index (κ2) is 20.3. The maximum atomic E-state index is 12.4. The Labute approximate surface area is 212 Å². The van der Waals surface area contributed by atoms with Crippen LogP contribution in [-0.4, -0.2) is 79.8 Å². The van der Waals surface area contributed by atoms with E-state index in [0.717, 1.165) is 31.6 Å². The van der Waals surface area contributed by atoms with Crippen molar-refractivity contribution in [3.05, 3.63) is 0 Å². The van der Waals surface area contributed by atoms with E-state index in [1.54, 1.807) is 0 Å². The third-order valence-corrected chi connectivity index (χ3v) is 7.18. The summed E-state index contributed by atoms with van der Waals surface area (Å²) in [4.78, 5) is 12.4. The number of hydrogen-bond donors (Lipinski definition) is 7. The number of rotatable bonds is 24. The molecule has 7 N–H and O–H groups in total. The fourth-order valence-corrected chi connectivity index (χ4v) is 5.12. The molecule has 8 nitrogen and oxygen atoms in total. The molecule has 0 aromatic heterocycles. The van der Waals surface area contributed by atoms with Crippen molar-refractivity contribution in [3.63, 3.8) is 0 Å². The van der Waals surface area contributed by atoms with Crippen molar-refractivity contribution in [2.45, 2.75) is 128 Å². The van der Waals surface area contributed by atoms with Gasteiger partial charge in [0.05, 0.1) is 43.5 Å². The average molecular weight is 507 g/mol. The van der Waals surface area contributed by atoms with Gasteiger partial charge in [-0.1, -0.05) is 84.5 Å². The molecule has 4 atom stereocenters. The Morgan fingerprint density at radius 2 is 1.00 bits per heavy atom. The summed E-state index contributed by atoms with van der Waals surface area (Å²) >= 11 is 0. The molecule has 0 saturated heterocycles. The number of carboxylic acids is 1. The van der Waals surface area contributed by atoms with Crippen LogP contribution in [0.3, 0.4) is 0 Å². The highest BCUT2D eigenvalue weighted by Gasteiger charge is 2.48. The summed E-state index contributed by atoms with van der Waals surface area (Å²) in [5.74, 6) is -1.11. The molecule has 35 heavy (non-hydrogen) atoms. The van der Waals surface area contributed by atoms with Crippen LogP contribution in [0.5, 0.6) is 0 Å². The van der Waals surface area contributed by atoms with E-state index >= 15 is 0 Å². The van der Waals surface area contributed by atoms with Crippen LogP contribution in [0, 0.1) is 17.3 Å². The summed E-state index contributed by atoms with van der Waals surface area (Å²) in [6, 6.07) is 0. The van der Waals surface area contributed by atoms with E-state index in [-0.39, 0.29) is 19.3 Å². The third-order valence-electron chi connectivity index (χ3n) is 7.18. The Morgan fingerprint density at radius 1 is 0.629 bits per heavy atom. The largest absolute Gasteiger partial charge is 0.481 e. The van der Waals surface area contributed by atoms with Crippen LogP contribution in [0.25, 0.3) is 0 Å². The van der Waals surface area contributed by atoms with Crippen LogP contribution in [0.1, 0.15) is 110 Å². The topological polar surface area (TPSA) is 159 Å². The van der Waals surface area contributed by atoms with Crippen molar-refractivity contribution >= 4 is 5.97 Å². The van der Waals surface area contributed by atoms with E-state index in [0.29, 0.717) is 6.42 Å².